The van der Waals surface area contributed by atoms with Gasteiger partial charge in [0, 0.05) is 24.3 Å². The van der Waals surface area contributed by atoms with Crippen LogP contribution in [0.5, 0.6) is 0 Å². The molecule has 2 heteroatoms. The topological polar surface area (TPSA) is 8.17 Å². The highest BCUT2D eigenvalue weighted by molar-refractivity contribution is 5.80. The van der Waals surface area contributed by atoms with E-state index < -0.39 is 0 Å². The SMILES string of the molecule is CC1c2ccccc2C(n2ccc3ccccc32)CN1C. The van der Waals surface area contributed by atoms with Crippen LogP contribution in [0.4, 0.5) is 0 Å². The van der Waals surface area contributed by atoms with Crippen LogP contribution in [0.2, 0.25) is 0 Å². The Kier molecular flexibility index (Phi) is 2.86. The average Bonchev–Trinajstić information content (AvgIpc) is 2.95. The van der Waals surface area contributed by atoms with Crippen LogP contribution in [0.25, 0.3) is 10.9 Å². The minimum Gasteiger partial charge on any atom is -0.339 e. The van der Waals surface area contributed by atoms with E-state index in [0.717, 1.165) is 6.54 Å². The van der Waals surface area contributed by atoms with Crippen molar-refractivity contribution in [1.29, 1.82) is 0 Å². The molecule has 2 heterocycles. The van der Waals surface area contributed by atoms with Gasteiger partial charge in [-0.25, -0.2) is 0 Å². The van der Waals surface area contributed by atoms with E-state index in [4.69, 9.17) is 0 Å². The summed E-state index contributed by atoms with van der Waals surface area (Å²) < 4.78 is 2.43. The van der Waals surface area contributed by atoms with Crippen LogP contribution in [0.3, 0.4) is 0 Å². The molecule has 106 valence electrons. The monoisotopic (exact) mass is 276 g/mol. The van der Waals surface area contributed by atoms with Crippen LogP contribution in [0.1, 0.15) is 30.1 Å². The van der Waals surface area contributed by atoms with E-state index in [0.29, 0.717) is 12.1 Å². The van der Waals surface area contributed by atoms with E-state index in [1.165, 1.54) is 22.0 Å². The van der Waals surface area contributed by atoms with Crippen LogP contribution in [0, 0.1) is 0 Å². The van der Waals surface area contributed by atoms with Gasteiger partial charge >= 0.3 is 0 Å². The third-order valence-corrected chi connectivity index (χ3v) is 4.89. The van der Waals surface area contributed by atoms with Gasteiger partial charge in [-0.1, -0.05) is 42.5 Å². The van der Waals surface area contributed by atoms with E-state index >= 15 is 0 Å². The predicted molar refractivity (Wildman–Crippen MR) is 87.6 cm³/mol. The Hall–Kier alpha value is -2.06. The maximum Gasteiger partial charge on any atom is 0.0716 e. The molecule has 2 unspecified atom stereocenters. The molecule has 1 aliphatic heterocycles. The first-order valence-corrected chi connectivity index (χ1v) is 7.60. The van der Waals surface area contributed by atoms with Gasteiger partial charge in [0.05, 0.1) is 6.04 Å². The van der Waals surface area contributed by atoms with E-state index in [1.54, 1.807) is 0 Å². The van der Waals surface area contributed by atoms with Crippen LogP contribution in [-0.4, -0.2) is 23.1 Å². The largest absolute Gasteiger partial charge is 0.339 e. The molecule has 1 aromatic heterocycles. The number of aromatic nitrogens is 1. The van der Waals surface area contributed by atoms with Gasteiger partial charge in [-0.2, -0.15) is 0 Å². The van der Waals surface area contributed by atoms with Crippen LogP contribution in [-0.2, 0) is 0 Å². The lowest BCUT2D eigenvalue weighted by Crippen LogP contribution is -2.36. The molecule has 1 aliphatic rings. The number of hydrogen-bond acceptors (Lipinski definition) is 1. The van der Waals surface area contributed by atoms with Gasteiger partial charge in [-0.05, 0) is 42.6 Å². The number of fused-ring (bicyclic) bond motifs is 2. The summed E-state index contributed by atoms with van der Waals surface area (Å²) in [6, 6.07) is 20.6. The van der Waals surface area contributed by atoms with Crippen molar-refractivity contribution >= 4 is 10.9 Å². The first kappa shape index (κ1) is 12.7. The molecule has 2 aromatic carbocycles. The van der Waals surface area contributed by atoms with E-state index in [9.17, 15) is 0 Å². The summed E-state index contributed by atoms with van der Waals surface area (Å²) in [5.74, 6) is 0. The first-order valence-electron chi connectivity index (χ1n) is 7.60. The summed E-state index contributed by atoms with van der Waals surface area (Å²) >= 11 is 0. The molecular formula is C19H20N2. The minimum atomic E-state index is 0.391. The molecule has 4 rings (SSSR count). The fourth-order valence-corrected chi connectivity index (χ4v) is 3.58. The van der Waals surface area contributed by atoms with Gasteiger partial charge in [0.2, 0.25) is 0 Å². The third kappa shape index (κ3) is 1.90. The Morgan fingerprint density at radius 2 is 1.62 bits per heavy atom. The second-order valence-corrected chi connectivity index (χ2v) is 6.04. The van der Waals surface area contributed by atoms with Crippen molar-refractivity contribution in [2.75, 3.05) is 13.6 Å². The third-order valence-electron chi connectivity index (χ3n) is 4.89. The molecule has 0 bridgehead atoms. The van der Waals surface area contributed by atoms with Crippen molar-refractivity contribution in [3.63, 3.8) is 0 Å². The highest BCUT2D eigenvalue weighted by Crippen LogP contribution is 2.37. The number of benzene rings is 2. The lowest BCUT2D eigenvalue weighted by molar-refractivity contribution is 0.213. The number of nitrogens with zero attached hydrogens (tertiary/aromatic N) is 2. The van der Waals surface area contributed by atoms with Crippen LogP contribution >= 0.6 is 0 Å². The van der Waals surface area contributed by atoms with E-state index in [-0.39, 0.29) is 0 Å². The van der Waals surface area contributed by atoms with Gasteiger partial charge in [-0.15, -0.1) is 0 Å². The second kappa shape index (κ2) is 4.74. The molecule has 3 aromatic rings. The van der Waals surface area contributed by atoms with Gasteiger partial charge in [0.25, 0.3) is 0 Å². The maximum absolute atomic E-state index is 2.45. The van der Waals surface area contributed by atoms with Crippen molar-refractivity contribution in [1.82, 2.24) is 9.47 Å². The normalized spacial score (nSPS) is 22.4. The maximum atomic E-state index is 2.45. The van der Waals surface area contributed by atoms with Gasteiger partial charge in [0.15, 0.2) is 0 Å². The molecule has 2 nitrogen and oxygen atoms in total. The summed E-state index contributed by atoms with van der Waals surface area (Å²) in [5, 5.41) is 1.32. The quantitative estimate of drug-likeness (QED) is 0.645. The Labute approximate surface area is 125 Å². The molecule has 0 amide bonds. The Morgan fingerprint density at radius 3 is 2.48 bits per heavy atom. The molecule has 0 aliphatic carbocycles. The number of likely N-dealkylation sites (N-methyl/N-ethyl adjacent to an activating group) is 1. The standard InChI is InChI=1S/C19H20N2/c1-14-16-8-4-5-9-17(16)19(13-20(14)2)21-12-11-15-7-3-6-10-18(15)21/h3-12,14,19H,13H2,1-2H3. The van der Waals surface area contributed by atoms with Crippen LogP contribution in [0.15, 0.2) is 60.8 Å². The van der Waals surface area contributed by atoms with Crippen molar-refractivity contribution < 1.29 is 0 Å². The Balaban J connectivity index is 1.91. The van der Waals surface area contributed by atoms with Crippen molar-refractivity contribution in [3.8, 4) is 0 Å². The number of para-hydroxylation sites is 1. The summed E-state index contributed by atoms with van der Waals surface area (Å²) in [6.45, 7) is 3.35. The molecule has 0 radical (unpaired) electrons. The van der Waals surface area contributed by atoms with E-state index in [2.05, 4.69) is 84.2 Å². The molecule has 2 atom stereocenters. The van der Waals surface area contributed by atoms with Crippen molar-refractivity contribution in [3.05, 3.63) is 71.9 Å². The zero-order valence-corrected chi connectivity index (χ0v) is 12.5. The molecule has 21 heavy (non-hydrogen) atoms. The lowest BCUT2D eigenvalue weighted by atomic mass is 9.90. The molecule has 0 fully saturated rings. The summed E-state index contributed by atoms with van der Waals surface area (Å²) in [4.78, 5) is 2.45. The van der Waals surface area contributed by atoms with E-state index in [1.807, 2.05) is 0 Å². The van der Waals surface area contributed by atoms with Crippen molar-refractivity contribution in [2.45, 2.75) is 19.0 Å². The second-order valence-electron chi connectivity index (χ2n) is 6.04. The minimum absolute atomic E-state index is 0.391. The zero-order chi connectivity index (χ0) is 14.4. The highest BCUT2D eigenvalue weighted by Gasteiger charge is 2.29. The lowest BCUT2D eigenvalue weighted by Gasteiger charge is -2.38. The molecule has 0 spiro atoms. The molecule has 0 saturated heterocycles. The number of hydrogen-bond donors (Lipinski definition) is 0. The van der Waals surface area contributed by atoms with Crippen molar-refractivity contribution in [2.24, 2.45) is 0 Å². The Bertz CT molecular complexity index is 787. The van der Waals surface area contributed by atoms with Gasteiger partial charge in [0.1, 0.15) is 0 Å². The fourth-order valence-electron chi connectivity index (χ4n) is 3.58. The smallest absolute Gasteiger partial charge is 0.0716 e. The first-order chi connectivity index (χ1) is 10.3. The Morgan fingerprint density at radius 1 is 0.905 bits per heavy atom. The number of rotatable bonds is 1. The highest BCUT2D eigenvalue weighted by atomic mass is 15.2. The average molecular weight is 276 g/mol. The molecular weight excluding hydrogens is 256 g/mol. The summed E-state index contributed by atoms with van der Waals surface area (Å²) in [6.07, 6.45) is 2.23. The van der Waals surface area contributed by atoms with Gasteiger partial charge < -0.3 is 4.57 Å². The summed E-state index contributed by atoms with van der Waals surface area (Å²) in [5.41, 5.74) is 4.23. The predicted octanol–water partition coefficient (Wildman–Crippen LogP) is 4.24. The molecule has 0 N–H and O–H groups in total. The summed E-state index contributed by atoms with van der Waals surface area (Å²) in [7, 11) is 2.22. The fraction of sp³-hybridized carbons (Fsp3) is 0.263. The van der Waals surface area contributed by atoms with Gasteiger partial charge in [-0.3, -0.25) is 4.90 Å². The zero-order valence-electron chi connectivity index (χ0n) is 12.5. The van der Waals surface area contributed by atoms with Crippen LogP contribution < -0.4 is 0 Å². The molecule has 0 saturated carbocycles.